The molecule has 3 N–H and O–H groups in total. The summed E-state index contributed by atoms with van der Waals surface area (Å²) in [5.41, 5.74) is 5.78. The Bertz CT molecular complexity index is 306. The van der Waals surface area contributed by atoms with Crippen LogP contribution in [0.15, 0.2) is 12.2 Å². The summed E-state index contributed by atoms with van der Waals surface area (Å²) >= 11 is 1.88. The Morgan fingerprint density at radius 3 is 2.76 bits per heavy atom. The van der Waals surface area contributed by atoms with Crippen molar-refractivity contribution >= 4 is 17.7 Å². The largest absolute Gasteiger partial charge is 0.352 e. The van der Waals surface area contributed by atoms with Crippen molar-refractivity contribution in [2.24, 2.45) is 11.7 Å². The lowest BCUT2D eigenvalue weighted by molar-refractivity contribution is -0.124. The summed E-state index contributed by atoms with van der Waals surface area (Å²) in [6.07, 6.45) is 11.7. The third-order valence-corrected chi connectivity index (χ3v) is 4.96. The molecule has 1 saturated carbocycles. The molecule has 0 aromatic carbocycles. The van der Waals surface area contributed by atoms with Gasteiger partial charge in [0.1, 0.15) is 0 Å². The lowest BCUT2D eigenvalue weighted by Crippen LogP contribution is -2.45. The molecule has 0 aromatic rings. The molecule has 1 fully saturated rings. The van der Waals surface area contributed by atoms with Crippen LogP contribution in [0.1, 0.15) is 32.1 Å². The summed E-state index contributed by atoms with van der Waals surface area (Å²) in [5, 5.41) is 3.81. The van der Waals surface area contributed by atoms with Crippen molar-refractivity contribution in [2.75, 3.05) is 6.26 Å². The highest BCUT2D eigenvalue weighted by Crippen LogP contribution is 2.28. The monoisotopic (exact) mass is 254 g/mol. The van der Waals surface area contributed by atoms with E-state index in [0.717, 1.165) is 12.8 Å². The molecular weight excluding hydrogens is 232 g/mol. The molecule has 0 aliphatic heterocycles. The smallest absolute Gasteiger partial charge is 0.227 e. The molecule has 0 spiro atoms. The quantitative estimate of drug-likeness (QED) is 0.753. The maximum absolute atomic E-state index is 12.1. The number of nitrogens with one attached hydrogen (secondary N) is 1. The Kier molecular flexibility index (Phi) is 4.51. The van der Waals surface area contributed by atoms with Crippen LogP contribution in [0.25, 0.3) is 0 Å². The number of carbonyl (C=O) groups excluding carboxylic acids is 1. The zero-order valence-corrected chi connectivity index (χ0v) is 11.2. The van der Waals surface area contributed by atoms with E-state index in [0.29, 0.717) is 11.3 Å². The van der Waals surface area contributed by atoms with Gasteiger partial charge in [0.25, 0.3) is 0 Å². The minimum absolute atomic E-state index is 0.00515. The van der Waals surface area contributed by atoms with Crippen molar-refractivity contribution in [2.45, 2.75) is 49.4 Å². The van der Waals surface area contributed by atoms with Crippen LogP contribution in [0.3, 0.4) is 0 Å². The van der Waals surface area contributed by atoms with Crippen LogP contribution in [0.4, 0.5) is 0 Å². The van der Waals surface area contributed by atoms with Gasteiger partial charge in [-0.05, 0) is 25.5 Å². The van der Waals surface area contributed by atoms with Crippen molar-refractivity contribution in [1.29, 1.82) is 0 Å². The number of hydrogen-bond acceptors (Lipinski definition) is 3. The van der Waals surface area contributed by atoms with Crippen LogP contribution >= 0.6 is 11.8 Å². The topological polar surface area (TPSA) is 55.1 Å². The first-order valence-corrected chi connectivity index (χ1v) is 7.76. The Balaban J connectivity index is 1.87. The molecule has 0 saturated heterocycles. The first-order valence-electron chi connectivity index (χ1n) is 6.48. The Hall–Kier alpha value is -0.480. The van der Waals surface area contributed by atoms with Crippen molar-refractivity contribution in [3.05, 3.63) is 12.2 Å². The zero-order valence-electron chi connectivity index (χ0n) is 10.4. The second kappa shape index (κ2) is 5.91. The Morgan fingerprint density at radius 2 is 2.12 bits per heavy atom. The van der Waals surface area contributed by atoms with Gasteiger partial charge in [0.15, 0.2) is 0 Å². The van der Waals surface area contributed by atoms with E-state index in [1.165, 1.54) is 19.3 Å². The summed E-state index contributed by atoms with van der Waals surface area (Å²) < 4.78 is 0. The van der Waals surface area contributed by atoms with Gasteiger partial charge in [-0.3, -0.25) is 4.79 Å². The molecule has 2 aliphatic rings. The van der Waals surface area contributed by atoms with Gasteiger partial charge in [-0.2, -0.15) is 11.8 Å². The van der Waals surface area contributed by atoms with Crippen LogP contribution in [0.2, 0.25) is 0 Å². The summed E-state index contributed by atoms with van der Waals surface area (Å²) in [5.74, 6) is 0.162. The standard InChI is InChI=1S/C13H22N2OS/c1-17-12-5-3-2-4-11(12)15-13(16)9-6-7-10(14)8-9/h6-7,9-12H,2-5,8,14H2,1H3,(H,15,16). The number of hydrogen-bond donors (Lipinski definition) is 2. The molecule has 3 nitrogen and oxygen atoms in total. The normalized spacial score (nSPS) is 37.1. The minimum atomic E-state index is -0.00515. The van der Waals surface area contributed by atoms with Crippen molar-refractivity contribution < 1.29 is 4.79 Å². The molecule has 4 unspecified atom stereocenters. The maximum atomic E-state index is 12.1. The predicted octanol–water partition coefficient (Wildman–Crippen LogP) is 1.68. The number of amides is 1. The van der Waals surface area contributed by atoms with Gasteiger partial charge in [-0.1, -0.05) is 25.0 Å². The molecule has 17 heavy (non-hydrogen) atoms. The highest BCUT2D eigenvalue weighted by molar-refractivity contribution is 7.99. The number of nitrogens with two attached hydrogens (primary N) is 1. The predicted molar refractivity (Wildman–Crippen MR) is 72.9 cm³/mol. The zero-order chi connectivity index (χ0) is 12.3. The summed E-state index contributed by atoms with van der Waals surface area (Å²) in [7, 11) is 0. The molecule has 0 bridgehead atoms. The first kappa shape index (κ1) is 13.0. The van der Waals surface area contributed by atoms with Gasteiger partial charge in [0.05, 0.1) is 5.92 Å². The SMILES string of the molecule is CSC1CCCCC1NC(=O)C1C=CC(N)C1. The molecule has 4 heteroatoms. The highest BCUT2D eigenvalue weighted by atomic mass is 32.2. The van der Waals surface area contributed by atoms with Crippen molar-refractivity contribution in [3.8, 4) is 0 Å². The van der Waals surface area contributed by atoms with E-state index in [-0.39, 0.29) is 17.9 Å². The third kappa shape index (κ3) is 3.26. The summed E-state index contributed by atoms with van der Waals surface area (Å²) in [6, 6.07) is 0.421. The van der Waals surface area contributed by atoms with E-state index in [2.05, 4.69) is 11.6 Å². The molecule has 4 atom stereocenters. The van der Waals surface area contributed by atoms with Gasteiger partial charge in [0, 0.05) is 17.3 Å². The van der Waals surface area contributed by atoms with E-state index >= 15 is 0 Å². The van der Waals surface area contributed by atoms with Gasteiger partial charge < -0.3 is 11.1 Å². The van der Waals surface area contributed by atoms with Crippen LogP contribution in [0, 0.1) is 5.92 Å². The first-order chi connectivity index (χ1) is 8.20. The van der Waals surface area contributed by atoms with Crippen LogP contribution in [0.5, 0.6) is 0 Å². The molecule has 0 heterocycles. The maximum Gasteiger partial charge on any atom is 0.227 e. The lowest BCUT2D eigenvalue weighted by atomic mass is 9.94. The Morgan fingerprint density at radius 1 is 1.35 bits per heavy atom. The van der Waals surface area contributed by atoms with Crippen molar-refractivity contribution in [1.82, 2.24) is 5.32 Å². The average molecular weight is 254 g/mol. The highest BCUT2D eigenvalue weighted by Gasteiger charge is 2.29. The molecule has 1 amide bonds. The van der Waals surface area contributed by atoms with Gasteiger partial charge in [0.2, 0.25) is 5.91 Å². The van der Waals surface area contributed by atoms with Gasteiger partial charge in [-0.25, -0.2) is 0 Å². The fourth-order valence-corrected chi connectivity index (χ4v) is 3.69. The van der Waals surface area contributed by atoms with E-state index in [1.807, 2.05) is 23.9 Å². The second-order valence-electron chi connectivity index (χ2n) is 5.06. The molecule has 96 valence electrons. The summed E-state index contributed by atoms with van der Waals surface area (Å²) in [6.45, 7) is 0. The van der Waals surface area contributed by atoms with Gasteiger partial charge >= 0.3 is 0 Å². The van der Waals surface area contributed by atoms with E-state index in [1.54, 1.807) is 0 Å². The fourth-order valence-electron chi connectivity index (χ4n) is 2.76. The average Bonchev–Trinajstić information content (AvgIpc) is 2.77. The second-order valence-corrected chi connectivity index (χ2v) is 6.14. The molecule has 0 radical (unpaired) electrons. The minimum Gasteiger partial charge on any atom is -0.352 e. The van der Waals surface area contributed by atoms with Crippen LogP contribution in [-0.4, -0.2) is 29.5 Å². The molecule has 2 aliphatic carbocycles. The summed E-state index contributed by atoms with van der Waals surface area (Å²) in [4.78, 5) is 12.1. The molecule has 0 aromatic heterocycles. The van der Waals surface area contributed by atoms with Gasteiger partial charge in [-0.15, -0.1) is 0 Å². The van der Waals surface area contributed by atoms with E-state index < -0.39 is 0 Å². The molecular formula is C13H22N2OS. The van der Waals surface area contributed by atoms with E-state index in [4.69, 9.17) is 5.73 Å². The van der Waals surface area contributed by atoms with E-state index in [9.17, 15) is 4.79 Å². The number of thioether (sulfide) groups is 1. The number of carbonyl (C=O) groups is 1. The van der Waals surface area contributed by atoms with Crippen LogP contribution in [-0.2, 0) is 4.79 Å². The Labute approximate surface area is 108 Å². The third-order valence-electron chi connectivity index (χ3n) is 3.79. The fraction of sp³-hybridized carbons (Fsp3) is 0.769. The molecule has 2 rings (SSSR count). The number of rotatable bonds is 3. The van der Waals surface area contributed by atoms with Crippen molar-refractivity contribution in [3.63, 3.8) is 0 Å². The lowest BCUT2D eigenvalue weighted by Gasteiger charge is -2.31. The van der Waals surface area contributed by atoms with Crippen LogP contribution < -0.4 is 11.1 Å².